The van der Waals surface area contributed by atoms with E-state index in [4.69, 9.17) is 4.74 Å². The van der Waals surface area contributed by atoms with E-state index in [1.165, 1.54) is 23.9 Å². The summed E-state index contributed by atoms with van der Waals surface area (Å²) in [4.78, 5) is 13.3. The third-order valence-electron chi connectivity index (χ3n) is 2.94. The second-order valence-electron chi connectivity index (χ2n) is 4.06. The maximum absolute atomic E-state index is 11.3. The molecule has 0 atom stereocenters. The SMILES string of the molecule is CCc1cccc(CC)c1N(C)CC(=O)OC. The number of para-hydroxylation sites is 1. The number of nitrogens with zero attached hydrogens (tertiary/aromatic N) is 1. The first kappa shape index (κ1) is 13.6. The summed E-state index contributed by atoms with van der Waals surface area (Å²) in [7, 11) is 3.35. The molecule has 1 aromatic rings. The first-order valence-corrected chi connectivity index (χ1v) is 6.02. The molecule has 0 heterocycles. The first-order chi connectivity index (χ1) is 8.13. The zero-order valence-corrected chi connectivity index (χ0v) is 11.1. The molecule has 0 spiro atoms. The van der Waals surface area contributed by atoms with Crippen LogP contribution >= 0.6 is 0 Å². The van der Waals surface area contributed by atoms with E-state index in [1.807, 2.05) is 11.9 Å². The van der Waals surface area contributed by atoms with Gasteiger partial charge in [0.05, 0.1) is 7.11 Å². The van der Waals surface area contributed by atoms with Crippen molar-refractivity contribution in [3.8, 4) is 0 Å². The molecule has 0 bridgehead atoms. The van der Waals surface area contributed by atoms with Gasteiger partial charge in [0, 0.05) is 12.7 Å². The average Bonchev–Trinajstić information content (AvgIpc) is 2.37. The molecule has 0 aliphatic heterocycles. The van der Waals surface area contributed by atoms with Gasteiger partial charge in [-0.1, -0.05) is 32.0 Å². The second kappa shape index (κ2) is 6.28. The van der Waals surface area contributed by atoms with Crippen LogP contribution in [0, 0.1) is 0 Å². The van der Waals surface area contributed by atoms with Crippen LogP contribution in [-0.4, -0.2) is 26.7 Å². The van der Waals surface area contributed by atoms with Gasteiger partial charge in [-0.3, -0.25) is 4.79 Å². The molecule has 3 nitrogen and oxygen atoms in total. The van der Waals surface area contributed by atoms with Gasteiger partial charge in [-0.05, 0) is 24.0 Å². The predicted molar refractivity (Wildman–Crippen MR) is 70.5 cm³/mol. The van der Waals surface area contributed by atoms with Crippen molar-refractivity contribution < 1.29 is 9.53 Å². The Morgan fingerprint density at radius 3 is 2.18 bits per heavy atom. The normalized spacial score (nSPS) is 10.1. The summed E-state index contributed by atoms with van der Waals surface area (Å²) in [6.07, 6.45) is 1.93. The number of esters is 1. The van der Waals surface area contributed by atoms with Gasteiger partial charge in [0.25, 0.3) is 0 Å². The number of rotatable bonds is 5. The highest BCUT2D eigenvalue weighted by atomic mass is 16.5. The molecular formula is C14H21NO2. The third kappa shape index (κ3) is 3.22. The van der Waals surface area contributed by atoms with Crippen LogP contribution in [-0.2, 0) is 22.4 Å². The number of aryl methyl sites for hydroxylation is 2. The lowest BCUT2D eigenvalue weighted by Gasteiger charge is -2.24. The standard InChI is InChI=1S/C14H21NO2/c1-5-11-8-7-9-12(6-2)14(11)15(3)10-13(16)17-4/h7-9H,5-6,10H2,1-4H3. The van der Waals surface area contributed by atoms with E-state index in [0.717, 1.165) is 12.8 Å². The highest BCUT2D eigenvalue weighted by molar-refractivity contribution is 5.76. The fourth-order valence-electron chi connectivity index (χ4n) is 2.04. The zero-order valence-electron chi connectivity index (χ0n) is 11.1. The molecule has 0 aromatic heterocycles. The summed E-state index contributed by atoms with van der Waals surface area (Å²) in [6, 6.07) is 6.30. The molecule has 0 saturated heterocycles. The number of methoxy groups -OCH3 is 1. The molecule has 17 heavy (non-hydrogen) atoms. The van der Waals surface area contributed by atoms with E-state index in [2.05, 4.69) is 32.0 Å². The van der Waals surface area contributed by atoms with Crippen LogP contribution in [0.25, 0.3) is 0 Å². The Morgan fingerprint density at radius 1 is 1.24 bits per heavy atom. The molecule has 0 aliphatic rings. The van der Waals surface area contributed by atoms with Crippen molar-refractivity contribution in [3.05, 3.63) is 29.3 Å². The minimum atomic E-state index is -0.208. The van der Waals surface area contributed by atoms with E-state index in [-0.39, 0.29) is 5.97 Å². The Balaban J connectivity index is 3.04. The molecule has 0 fully saturated rings. The minimum Gasteiger partial charge on any atom is -0.468 e. The quantitative estimate of drug-likeness (QED) is 0.734. The molecule has 0 amide bonds. The van der Waals surface area contributed by atoms with Crippen LogP contribution in [0.5, 0.6) is 0 Å². The van der Waals surface area contributed by atoms with Crippen molar-refractivity contribution in [2.24, 2.45) is 0 Å². The van der Waals surface area contributed by atoms with Gasteiger partial charge in [0.15, 0.2) is 0 Å². The van der Waals surface area contributed by atoms with Crippen LogP contribution in [0.2, 0.25) is 0 Å². The maximum atomic E-state index is 11.3. The van der Waals surface area contributed by atoms with E-state index in [9.17, 15) is 4.79 Å². The third-order valence-corrected chi connectivity index (χ3v) is 2.94. The summed E-state index contributed by atoms with van der Waals surface area (Å²) < 4.78 is 4.71. The van der Waals surface area contributed by atoms with Crippen molar-refractivity contribution in [2.75, 3.05) is 25.6 Å². The molecule has 1 aromatic carbocycles. The van der Waals surface area contributed by atoms with Gasteiger partial charge in [-0.2, -0.15) is 0 Å². The Kier molecular flexibility index (Phi) is 5.01. The van der Waals surface area contributed by atoms with Gasteiger partial charge in [-0.15, -0.1) is 0 Å². The highest BCUT2D eigenvalue weighted by Gasteiger charge is 2.13. The van der Waals surface area contributed by atoms with Gasteiger partial charge in [-0.25, -0.2) is 0 Å². The van der Waals surface area contributed by atoms with E-state index in [0.29, 0.717) is 6.54 Å². The Bertz CT molecular complexity index is 366. The number of ether oxygens (including phenoxy) is 1. The number of hydrogen-bond acceptors (Lipinski definition) is 3. The smallest absolute Gasteiger partial charge is 0.325 e. The predicted octanol–water partition coefficient (Wildman–Crippen LogP) is 2.42. The summed E-state index contributed by atoms with van der Waals surface area (Å²) in [6.45, 7) is 4.55. The van der Waals surface area contributed by atoms with Crippen LogP contribution < -0.4 is 4.90 Å². The summed E-state index contributed by atoms with van der Waals surface area (Å²) in [5.74, 6) is -0.208. The Hall–Kier alpha value is -1.51. The molecule has 1 rings (SSSR count). The summed E-state index contributed by atoms with van der Waals surface area (Å²) >= 11 is 0. The van der Waals surface area contributed by atoms with Crippen molar-refractivity contribution in [3.63, 3.8) is 0 Å². The zero-order chi connectivity index (χ0) is 12.8. The van der Waals surface area contributed by atoms with Gasteiger partial charge in [0.2, 0.25) is 0 Å². The minimum absolute atomic E-state index is 0.208. The van der Waals surface area contributed by atoms with Crippen LogP contribution in [0.1, 0.15) is 25.0 Å². The molecule has 0 unspecified atom stereocenters. The average molecular weight is 235 g/mol. The van der Waals surface area contributed by atoms with Crippen molar-refractivity contribution in [1.29, 1.82) is 0 Å². The van der Waals surface area contributed by atoms with Crippen molar-refractivity contribution >= 4 is 11.7 Å². The Morgan fingerprint density at radius 2 is 1.76 bits per heavy atom. The lowest BCUT2D eigenvalue weighted by molar-refractivity contribution is -0.138. The molecule has 0 radical (unpaired) electrons. The number of hydrogen-bond donors (Lipinski definition) is 0. The summed E-state index contributed by atoms with van der Waals surface area (Å²) in [5, 5.41) is 0. The van der Waals surface area contributed by atoms with E-state index in [1.54, 1.807) is 0 Å². The van der Waals surface area contributed by atoms with Crippen LogP contribution in [0.15, 0.2) is 18.2 Å². The molecular weight excluding hydrogens is 214 g/mol. The molecule has 94 valence electrons. The first-order valence-electron chi connectivity index (χ1n) is 6.02. The molecule has 0 N–H and O–H groups in total. The molecule has 0 aliphatic carbocycles. The highest BCUT2D eigenvalue weighted by Crippen LogP contribution is 2.25. The lowest BCUT2D eigenvalue weighted by atomic mass is 10.0. The monoisotopic (exact) mass is 235 g/mol. The lowest BCUT2D eigenvalue weighted by Crippen LogP contribution is -2.28. The number of benzene rings is 1. The topological polar surface area (TPSA) is 29.5 Å². The molecule has 3 heteroatoms. The Labute approximate surface area is 103 Å². The number of carbonyl (C=O) groups is 1. The van der Waals surface area contributed by atoms with Gasteiger partial charge >= 0.3 is 5.97 Å². The van der Waals surface area contributed by atoms with Gasteiger partial charge < -0.3 is 9.64 Å². The largest absolute Gasteiger partial charge is 0.468 e. The van der Waals surface area contributed by atoms with E-state index < -0.39 is 0 Å². The van der Waals surface area contributed by atoms with E-state index >= 15 is 0 Å². The fraction of sp³-hybridized carbons (Fsp3) is 0.500. The molecule has 0 saturated carbocycles. The maximum Gasteiger partial charge on any atom is 0.325 e. The second-order valence-corrected chi connectivity index (χ2v) is 4.06. The summed E-state index contributed by atoms with van der Waals surface area (Å²) in [5.41, 5.74) is 3.72. The number of anilines is 1. The van der Waals surface area contributed by atoms with Crippen molar-refractivity contribution in [2.45, 2.75) is 26.7 Å². The van der Waals surface area contributed by atoms with Crippen molar-refractivity contribution in [1.82, 2.24) is 0 Å². The number of likely N-dealkylation sites (N-methyl/N-ethyl adjacent to an activating group) is 1. The van der Waals surface area contributed by atoms with Crippen LogP contribution in [0.4, 0.5) is 5.69 Å². The van der Waals surface area contributed by atoms with Gasteiger partial charge in [0.1, 0.15) is 6.54 Å². The van der Waals surface area contributed by atoms with Crippen LogP contribution in [0.3, 0.4) is 0 Å². The number of carbonyl (C=O) groups excluding carboxylic acids is 1. The fourth-order valence-corrected chi connectivity index (χ4v) is 2.04.